The van der Waals surface area contributed by atoms with E-state index in [-0.39, 0.29) is 30.9 Å². The highest BCUT2D eigenvalue weighted by Gasteiger charge is 2.50. The minimum absolute atomic E-state index is 0.201. The molecule has 4 rings (SSSR count). The molecule has 9 heteroatoms. The van der Waals surface area contributed by atoms with Gasteiger partial charge in [0.25, 0.3) is 5.91 Å². The van der Waals surface area contributed by atoms with E-state index >= 15 is 0 Å². The van der Waals surface area contributed by atoms with Crippen molar-refractivity contribution in [2.45, 2.75) is 44.1 Å². The van der Waals surface area contributed by atoms with Crippen LogP contribution in [0.5, 0.6) is 0 Å². The van der Waals surface area contributed by atoms with Crippen molar-refractivity contribution in [1.82, 2.24) is 15.3 Å². The third-order valence-electron chi connectivity index (χ3n) is 5.20. The third kappa shape index (κ3) is 4.42. The Kier molecular flexibility index (Phi) is 5.91. The molecule has 0 bridgehead atoms. The zero-order chi connectivity index (χ0) is 21.1. The first-order valence-electron chi connectivity index (χ1n) is 9.89. The predicted octanol–water partition coefficient (Wildman–Crippen LogP) is 2.11. The fourth-order valence-corrected chi connectivity index (χ4v) is 3.58. The van der Waals surface area contributed by atoms with Crippen molar-refractivity contribution >= 4 is 17.7 Å². The monoisotopic (exact) mass is 412 g/mol. The fourth-order valence-electron chi connectivity index (χ4n) is 3.58. The Morgan fingerprint density at radius 1 is 1.10 bits per heavy atom. The van der Waals surface area contributed by atoms with Crippen LogP contribution in [-0.2, 0) is 14.2 Å². The van der Waals surface area contributed by atoms with Crippen molar-refractivity contribution in [2.24, 2.45) is 0 Å². The van der Waals surface area contributed by atoms with Gasteiger partial charge in [-0.05, 0) is 23.6 Å². The Bertz CT molecular complexity index is 890. The van der Waals surface area contributed by atoms with Gasteiger partial charge in [-0.25, -0.2) is 9.78 Å². The van der Waals surface area contributed by atoms with Gasteiger partial charge in [-0.2, -0.15) is 0 Å². The third-order valence-corrected chi connectivity index (χ3v) is 5.20. The zero-order valence-corrected chi connectivity index (χ0v) is 16.8. The van der Waals surface area contributed by atoms with Crippen molar-refractivity contribution in [3.8, 4) is 0 Å². The average Bonchev–Trinajstić information content (AvgIpc) is 3.32. The Labute approximate surface area is 174 Å². The molecule has 0 aliphatic carbocycles. The summed E-state index contributed by atoms with van der Waals surface area (Å²) in [6, 6.07) is 7.27. The van der Waals surface area contributed by atoms with Crippen molar-refractivity contribution in [3.63, 3.8) is 0 Å². The lowest BCUT2D eigenvalue weighted by atomic mass is 10.0. The van der Waals surface area contributed by atoms with Gasteiger partial charge in [-0.15, -0.1) is 0 Å². The van der Waals surface area contributed by atoms with E-state index in [0.717, 1.165) is 0 Å². The highest BCUT2D eigenvalue weighted by Crippen LogP contribution is 2.29. The molecule has 2 amide bonds. The lowest BCUT2D eigenvalue weighted by Gasteiger charge is -2.18. The normalized spacial score (nSPS) is 25.0. The van der Waals surface area contributed by atoms with Gasteiger partial charge in [0.05, 0.1) is 25.5 Å². The lowest BCUT2D eigenvalue weighted by Crippen LogP contribution is -2.44. The summed E-state index contributed by atoms with van der Waals surface area (Å²) < 4.78 is 17.0. The van der Waals surface area contributed by atoms with Crippen LogP contribution >= 0.6 is 0 Å². The van der Waals surface area contributed by atoms with Crippen LogP contribution in [0.3, 0.4) is 0 Å². The molecule has 158 valence electrons. The molecule has 2 aliphatic rings. The molecule has 1 aromatic heterocycles. The van der Waals surface area contributed by atoms with E-state index < -0.39 is 24.4 Å². The van der Waals surface area contributed by atoms with Crippen LogP contribution in [0.2, 0.25) is 0 Å². The minimum Gasteiger partial charge on any atom is -0.441 e. The van der Waals surface area contributed by atoms with Gasteiger partial charge in [0.2, 0.25) is 0 Å². The van der Waals surface area contributed by atoms with Gasteiger partial charge < -0.3 is 19.5 Å². The topological polar surface area (TPSA) is 112 Å². The summed E-state index contributed by atoms with van der Waals surface area (Å²) in [5, 5.41) is 5.57. The van der Waals surface area contributed by atoms with Crippen LogP contribution in [0.15, 0.2) is 42.9 Å². The molecule has 0 spiro atoms. The first kappa shape index (κ1) is 20.2. The second-order valence-corrected chi connectivity index (χ2v) is 7.61. The Morgan fingerprint density at radius 2 is 1.87 bits per heavy atom. The molecule has 3 heterocycles. The van der Waals surface area contributed by atoms with Crippen LogP contribution < -0.4 is 10.6 Å². The number of amides is 2. The van der Waals surface area contributed by atoms with E-state index in [1.807, 2.05) is 24.3 Å². The molecule has 2 aromatic rings. The summed E-state index contributed by atoms with van der Waals surface area (Å²) in [7, 11) is 0. The van der Waals surface area contributed by atoms with E-state index in [2.05, 4.69) is 34.4 Å². The average molecular weight is 412 g/mol. The number of carbonyl (C=O) groups excluding carboxylic acids is 2. The number of hydrogen-bond donors (Lipinski definition) is 2. The number of ether oxygens (including phenoxy) is 3. The van der Waals surface area contributed by atoms with Crippen LogP contribution in [0.1, 0.15) is 35.8 Å². The highest BCUT2D eigenvalue weighted by atomic mass is 16.6. The van der Waals surface area contributed by atoms with Gasteiger partial charge in [0.15, 0.2) is 6.10 Å². The molecular formula is C21H24N4O5. The molecule has 0 unspecified atom stereocenters. The summed E-state index contributed by atoms with van der Waals surface area (Å²) in [5.74, 6) is 0.0633. The van der Waals surface area contributed by atoms with Gasteiger partial charge in [0, 0.05) is 18.1 Å². The Morgan fingerprint density at radius 3 is 2.57 bits per heavy atom. The highest BCUT2D eigenvalue weighted by molar-refractivity contribution is 5.92. The number of carbonyl (C=O) groups is 2. The standard InChI is InChI=1S/C21H24N4O5/c1-12(2)13-3-5-14(6-4-13)24-21(27)30-17-11-29-18-16(10-28-19(17)18)25-20(26)15-9-22-7-8-23-15/h3-9,12,16-19H,10-11H2,1-2H3,(H,24,27)(H,25,26)/t16-,17+,18+,19+/m0/s1. The van der Waals surface area contributed by atoms with Crippen molar-refractivity contribution in [2.75, 3.05) is 18.5 Å². The first-order chi connectivity index (χ1) is 14.5. The van der Waals surface area contributed by atoms with Crippen LogP contribution in [-0.4, -0.2) is 59.5 Å². The molecule has 0 radical (unpaired) electrons. The molecule has 0 saturated carbocycles. The number of nitrogens with zero attached hydrogens (tertiary/aromatic N) is 2. The van der Waals surface area contributed by atoms with E-state index in [1.165, 1.54) is 24.2 Å². The number of aromatic nitrogens is 2. The zero-order valence-electron chi connectivity index (χ0n) is 16.8. The molecular weight excluding hydrogens is 388 g/mol. The number of fused-ring (bicyclic) bond motifs is 1. The van der Waals surface area contributed by atoms with Gasteiger partial charge in [-0.1, -0.05) is 26.0 Å². The minimum atomic E-state index is -0.572. The molecule has 9 nitrogen and oxygen atoms in total. The van der Waals surface area contributed by atoms with Crippen LogP contribution in [0, 0.1) is 0 Å². The maximum atomic E-state index is 12.3. The smallest absolute Gasteiger partial charge is 0.412 e. The molecule has 4 atom stereocenters. The van der Waals surface area contributed by atoms with Gasteiger partial charge >= 0.3 is 6.09 Å². The maximum absolute atomic E-state index is 12.3. The summed E-state index contributed by atoms with van der Waals surface area (Å²) in [6.45, 7) is 4.68. The molecule has 2 N–H and O–H groups in total. The van der Waals surface area contributed by atoms with E-state index in [0.29, 0.717) is 11.6 Å². The number of benzene rings is 1. The summed E-state index contributed by atoms with van der Waals surface area (Å²) in [6.07, 6.45) is 2.38. The Hall–Kier alpha value is -3.04. The SMILES string of the molecule is CC(C)c1ccc(NC(=O)O[C@@H]2CO[C@H]3[C@@H]2OC[C@@H]3NC(=O)c2cnccn2)cc1. The number of rotatable bonds is 5. The quantitative estimate of drug-likeness (QED) is 0.774. The number of hydrogen-bond acceptors (Lipinski definition) is 7. The number of anilines is 1. The summed E-state index contributed by atoms with van der Waals surface area (Å²) in [4.78, 5) is 32.5. The molecule has 1 aromatic carbocycles. The number of nitrogens with one attached hydrogen (secondary N) is 2. The molecule has 2 saturated heterocycles. The predicted molar refractivity (Wildman–Crippen MR) is 107 cm³/mol. The van der Waals surface area contributed by atoms with Crippen molar-refractivity contribution < 1.29 is 23.8 Å². The largest absolute Gasteiger partial charge is 0.441 e. The summed E-state index contributed by atoms with van der Waals surface area (Å²) in [5.41, 5.74) is 2.06. The lowest BCUT2D eigenvalue weighted by molar-refractivity contribution is 0.00861. The Balaban J connectivity index is 1.30. The van der Waals surface area contributed by atoms with Gasteiger partial charge in [0.1, 0.15) is 17.9 Å². The molecule has 30 heavy (non-hydrogen) atoms. The van der Waals surface area contributed by atoms with Crippen molar-refractivity contribution in [1.29, 1.82) is 0 Å². The van der Waals surface area contributed by atoms with E-state index in [4.69, 9.17) is 14.2 Å². The van der Waals surface area contributed by atoms with E-state index in [1.54, 1.807) is 0 Å². The van der Waals surface area contributed by atoms with Crippen molar-refractivity contribution in [3.05, 3.63) is 54.1 Å². The second-order valence-electron chi connectivity index (χ2n) is 7.61. The molecule has 2 aliphatic heterocycles. The molecule has 2 fully saturated rings. The fraction of sp³-hybridized carbons (Fsp3) is 0.429. The van der Waals surface area contributed by atoms with Crippen LogP contribution in [0.4, 0.5) is 10.5 Å². The first-order valence-corrected chi connectivity index (χ1v) is 9.89. The van der Waals surface area contributed by atoms with E-state index in [9.17, 15) is 9.59 Å². The maximum Gasteiger partial charge on any atom is 0.412 e. The van der Waals surface area contributed by atoms with Gasteiger partial charge in [-0.3, -0.25) is 15.1 Å². The second kappa shape index (κ2) is 8.76. The van der Waals surface area contributed by atoms with Crippen LogP contribution in [0.25, 0.3) is 0 Å². The summed E-state index contributed by atoms with van der Waals surface area (Å²) >= 11 is 0.